The van der Waals surface area contributed by atoms with Gasteiger partial charge in [-0.2, -0.15) is 0 Å². The van der Waals surface area contributed by atoms with Crippen LogP contribution in [0.15, 0.2) is 36.4 Å². The average molecular weight is 410 g/mol. The van der Waals surface area contributed by atoms with E-state index in [4.69, 9.17) is 21.4 Å². The summed E-state index contributed by atoms with van der Waals surface area (Å²) in [5.41, 5.74) is 0.942. The first-order valence-corrected chi connectivity index (χ1v) is 10.0. The van der Waals surface area contributed by atoms with Gasteiger partial charge in [0, 0.05) is 24.5 Å². The van der Waals surface area contributed by atoms with Crippen molar-refractivity contribution in [3.05, 3.63) is 47.0 Å². The molecule has 1 fully saturated rings. The second-order valence-electron chi connectivity index (χ2n) is 6.99. The zero-order valence-electron chi connectivity index (χ0n) is 15.9. The molecule has 0 spiro atoms. The van der Waals surface area contributed by atoms with E-state index in [2.05, 4.69) is 4.90 Å². The molecule has 0 aliphatic carbocycles. The summed E-state index contributed by atoms with van der Waals surface area (Å²) in [5, 5.41) is 19.5. The van der Waals surface area contributed by atoms with Gasteiger partial charge in [-0.25, -0.2) is 4.79 Å². The monoisotopic (exact) mass is 409 g/mol. The predicted octanol–water partition coefficient (Wildman–Crippen LogP) is 2.71. The first kappa shape index (κ1) is 22.6. The highest BCUT2D eigenvalue weighted by Crippen LogP contribution is 2.17. The summed E-state index contributed by atoms with van der Waals surface area (Å²) >= 11 is 5.97. The summed E-state index contributed by atoms with van der Waals surface area (Å²) in [6, 6.07) is 7.05. The van der Waals surface area contributed by atoms with Crippen LogP contribution >= 0.6 is 11.6 Å². The normalized spacial score (nSPS) is 19.2. The highest BCUT2D eigenvalue weighted by atomic mass is 35.5. The van der Waals surface area contributed by atoms with Crippen LogP contribution in [0.1, 0.15) is 31.2 Å². The first-order valence-electron chi connectivity index (χ1n) is 9.63. The molecule has 2 N–H and O–H groups in total. The van der Waals surface area contributed by atoms with Crippen molar-refractivity contribution in [2.24, 2.45) is 0 Å². The number of aliphatic carboxylic acids is 1. The second kappa shape index (κ2) is 12.0. The second-order valence-corrected chi connectivity index (χ2v) is 7.43. The van der Waals surface area contributed by atoms with Gasteiger partial charge < -0.3 is 14.9 Å². The lowest BCUT2D eigenvalue weighted by Crippen LogP contribution is -2.45. The number of halogens is 1. The molecule has 1 aliphatic rings. The van der Waals surface area contributed by atoms with Gasteiger partial charge in [-0.3, -0.25) is 9.69 Å². The minimum Gasteiger partial charge on any atom is -0.480 e. The lowest BCUT2D eigenvalue weighted by molar-refractivity contribution is -0.142. The number of nitrogens with zero attached hydrogens (tertiary/aromatic N) is 1. The summed E-state index contributed by atoms with van der Waals surface area (Å²) in [5.74, 6) is -0.803. The van der Waals surface area contributed by atoms with Crippen LogP contribution in [-0.4, -0.2) is 65.3 Å². The van der Waals surface area contributed by atoms with Crippen molar-refractivity contribution in [1.29, 1.82) is 0 Å². The number of Topliss-reactive ketones (excluding diaryl/α,β-unsaturated/α-hetero) is 1. The third-order valence-corrected chi connectivity index (χ3v) is 4.89. The van der Waals surface area contributed by atoms with E-state index in [1.807, 2.05) is 18.2 Å². The number of unbranched alkanes of at least 4 members (excludes halogenated alkanes) is 1. The van der Waals surface area contributed by atoms with Crippen molar-refractivity contribution >= 4 is 23.4 Å². The number of carboxylic acid groups (broad SMARTS) is 1. The number of ketones is 1. The van der Waals surface area contributed by atoms with E-state index in [1.165, 1.54) is 0 Å². The number of aliphatic hydroxyl groups is 1. The molecule has 1 aromatic carbocycles. The fraction of sp³-hybridized carbons (Fsp3) is 0.524. The molecule has 0 amide bonds. The molecular formula is C21H28ClNO5. The van der Waals surface area contributed by atoms with Crippen LogP contribution in [-0.2, 0) is 20.7 Å². The molecule has 0 saturated carbocycles. The number of benzene rings is 1. The van der Waals surface area contributed by atoms with Crippen LogP contribution < -0.4 is 0 Å². The van der Waals surface area contributed by atoms with Crippen LogP contribution in [0, 0.1) is 0 Å². The molecule has 2 rings (SSSR count). The number of carboxylic acids is 1. The maximum atomic E-state index is 12.3. The van der Waals surface area contributed by atoms with Gasteiger partial charge in [0.1, 0.15) is 6.61 Å². The summed E-state index contributed by atoms with van der Waals surface area (Å²) in [7, 11) is 0. The van der Waals surface area contributed by atoms with E-state index >= 15 is 0 Å². The van der Waals surface area contributed by atoms with Crippen molar-refractivity contribution in [2.45, 2.75) is 44.2 Å². The van der Waals surface area contributed by atoms with E-state index in [0.717, 1.165) is 37.9 Å². The number of hydrogen-bond donors (Lipinski definition) is 2. The summed E-state index contributed by atoms with van der Waals surface area (Å²) in [4.78, 5) is 24.9. The maximum absolute atomic E-state index is 12.3. The smallest absolute Gasteiger partial charge is 0.329 e. The Morgan fingerprint density at radius 1 is 1.39 bits per heavy atom. The molecule has 0 radical (unpaired) electrons. The Morgan fingerprint density at radius 2 is 2.21 bits per heavy atom. The Morgan fingerprint density at radius 3 is 2.96 bits per heavy atom. The maximum Gasteiger partial charge on any atom is 0.329 e. The van der Waals surface area contributed by atoms with Crippen LogP contribution in [0.25, 0.3) is 0 Å². The molecule has 1 aliphatic heterocycles. The SMILES string of the molecule is O=C(O)COCCCCN1CCCC(=O)[C@H]1C=CC(O)Cc1cccc(Cl)c1. The molecule has 28 heavy (non-hydrogen) atoms. The topological polar surface area (TPSA) is 87.1 Å². The Balaban J connectivity index is 1.82. The fourth-order valence-corrected chi connectivity index (χ4v) is 3.53. The molecule has 0 bridgehead atoms. The van der Waals surface area contributed by atoms with E-state index in [9.17, 15) is 14.7 Å². The third-order valence-electron chi connectivity index (χ3n) is 4.65. The van der Waals surface area contributed by atoms with Crippen molar-refractivity contribution in [2.75, 3.05) is 26.3 Å². The summed E-state index contributed by atoms with van der Waals surface area (Å²) < 4.78 is 5.03. The number of aliphatic hydroxyl groups excluding tert-OH is 1. The number of carbonyl (C=O) groups is 2. The number of rotatable bonds is 11. The van der Waals surface area contributed by atoms with Gasteiger partial charge in [0.2, 0.25) is 0 Å². The largest absolute Gasteiger partial charge is 0.480 e. The standard InChI is InChI=1S/C21H28ClNO5/c22-17-6-3-5-16(13-17)14-18(24)8-9-19-20(25)7-4-11-23(19)10-1-2-12-28-15-21(26)27/h3,5-6,8-9,13,18-19,24H,1-2,4,7,10-12,14-15H2,(H,26,27)/t18?,19-/m1/s1. The van der Waals surface area contributed by atoms with Crippen LogP contribution in [0.5, 0.6) is 0 Å². The molecule has 0 aromatic heterocycles. The zero-order valence-corrected chi connectivity index (χ0v) is 16.7. The van der Waals surface area contributed by atoms with Crippen molar-refractivity contribution in [3.8, 4) is 0 Å². The minimum absolute atomic E-state index is 0.166. The Kier molecular flexibility index (Phi) is 9.64. The van der Waals surface area contributed by atoms with Crippen molar-refractivity contribution in [3.63, 3.8) is 0 Å². The van der Waals surface area contributed by atoms with E-state index in [0.29, 0.717) is 24.5 Å². The highest BCUT2D eigenvalue weighted by Gasteiger charge is 2.27. The van der Waals surface area contributed by atoms with Crippen LogP contribution in [0.4, 0.5) is 0 Å². The predicted molar refractivity (Wildman–Crippen MR) is 108 cm³/mol. The van der Waals surface area contributed by atoms with Gasteiger partial charge >= 0.3 is 5.97 Å². The zero-order chi connectivity index (χ0) is 20.4. The summed E-state index contributed by atoms with van der Waals surface area (Å²) in [6.07, 6.45) is 6.21. The number of hydrogen-bond acceptors (Lipinski definition) is 5. The van der Waals surface area contributed by atoms with E-state index in [1.54, 1.807) is 18.2 Å². The molecule has 1 aromatic rings. The Labute approximate surface area is 170 Å². The van der Waals surface area contributed by atoms with Gasteiger partial charge in [-0.15, -0.1) is 0 Å². The summed E-state index contributed by atoms with van der Waals surface area (Å²) in [6.45, 7) is 1.69. The quantitative estimate of drug-likeness (QED) is 0.431. The molecule has 1 heterocycles. The van der Waals surface area contributed by atoms with Gasteiger partial charge in [-0.05, 0) is 50.0 Å². The van der Waals surface area contributed by atoms with Crippen molar-refractivity contribution < 1.29 is 24.5 Å². The number of ether oxygens (including phenoxy) is 1. The molecule has 1 saturated heterocycles. The van der Waals surface area contributed by atoms with Gasteiger partial charge in [-0.1, -0.05) is 35.9 Å². The van der Waals surface area contributed by atoms with E-state index in [-0.39, 0.29) is 18.4 Å². The number of likely N-dealkylation sites (tertiary alicyclic amines) is 1. The minimum atomic E-state index is -0.969. The lowest BCUT2D eigenvalue weighted by Gasteiger charge is -2.33. The van der Waals surface area contributed by atoms with E-state index < -0.39 is 12.1 Å². The van der Waals surface area contributed by atoms with Crippen LogP contribution in [0.3, 0.4) is 0 Å². The molecule has 1 unspecified atom stereocenters. The van der Waals surface area contributed by atoms with Gasteiger partial charge in [0.15, 0.2) is 5.78 Å². The molecule has 154 valence electrons. The molecule has 7 heteroatoms. The number of carbonyl (C=O) groups excluding carboxylic acids is 1. The van der Waals surface area contributed by atoms with Crippen molar-refractivity contribution in [1.82, 2.24) is 4.90 Å². The Bertz CT molecular complexity index is 679. The molecule has 6 nitrogen and oxygen atoms in total. The average Bonchev–Trinajstić information content (AvgIpc) is 2.63. The molecule has 2 atom stereocenters. The van der Waals surface area contributed by atoms with Gasteiger partial charge in [0.05, 0.1) is 12.1 Å². The first-order chi connectivity index (χ1) is 13.5. The number of piperidine rings is 1. The Hall–Kier alpha value is -1.73. The highest BCUT2D eigenvalue weighted by molar-refractivity contribution is 6.30. The third kappa shape index (κ3) is 8.10. The molecular weight excluding hydrogens is 382 g/mol. The fourth-order valence-electron chi connectivity index (χ4n) is 3.31. The van der Waals surface area contributed by atoms with Crippen LogP contribution in [0.2, 0.25) is 5.02 Å². The van der Waals surface area contributed by atoms with Gasteiger partial charge in [0.25, 0.3) is 0 Å². The lowest BCUT2D eigenvalue weighted by atomic mass is 9.98.